The quantitative estimate of drug-likeness (QED) is 0.787. The van der Waals surface area contributed by atoms with Crippen molar-refractivity contribution < 1.29 is 14.7 Å². The molecule has 1 atom stereocenters. The fraction of sp³-hybridized carbons (Fsp3) is 0.286. The minimum Gasteiger partial charge on any atom is -0.481 e. The third-order valence-electron chi connectivity index (χ3n) is 2.97. The number of carboxylic acids is 1. The number of fused-ring (bicyclic) bond motifs is 1. The molecule has 0 aliphatic heterocycles. The summed E-state index contributed by atoms with van der Waals surface area (Å²) >= 11 is 0. The van der Waals surface area contributed by atoms with Crippen LogP contribution in [-0.4, -0.2) is 28.0 Å². The number of carbonyl (C=O) groups is 2. The van der Waals surface area contributed by atoms with Crippen LogP contribution in [0.3, 0.4) is 0 Å². The van der Waals surface area contributed by atoms with Crippen molar-refractivity contribution in [1.29, 1.82) is 0 Å². The summed E-state index contributed by atoms with van der Waals surface area (Å²) in [6, 6.07) is 7.19. The van der Waals surface area contributed by atoms with Crippen molar-refractivity contribution in [1.82, 2.24) is 10.3 Å². The van der Waals surface area contributed by atoms with Gasteiger partial charge >= 0.3 is 5.97 Å². The largest absolute Gasteiger partial charge is 0.481 e. The van der Waals surface area contributed by atoms with E-state index < -0.39 is 12.0 Å². The molecule has 1 aromatic carbocycles. The van der Waals surface area contributed by atoms with Crippen LogP contribution in [-0.2, 0) is 4.79 Å². The first-order valence-corrected chi connectivity index (χ1v) is 6.08. The van der Waals surface area contributed by atoms with Gasteiger partial charge in [-0.1, -0.05) is 18.2 Å². The number of carboxylic acid groups (broad SMARTS) is 1. The number of hydrogen-bond acceptors (Lipinski definition) is 2. The predicted molar refractivity (Wildman–Crippen MR) is 72.2 cm³/mol. The number of carbonyl (C=O) groups excluding carboxylic acids is 1. The molecule has 19 heavy (non-hydrogen) atoms. The summed E-state index contributed by atoms with van der Waals surface area (Å²) in [5, 5.41) is 12.3. The van der Waals surface area contributed by atoms with Crippen molar-refractivity contribution >= 4 is 22.8 Å². The van der Waals surface area contributed by atoms with Crippen LogP contribution >= 0.6 is 0 Å². The molecule has 0 fully saturated rings. The van der Waals surface area contributed by atoms with E-state index in [0.717, 1.165) is 16.5 Å². The van der Waals surface area contributed by atoms with Crippen LogP contribution in [0.5, 0.6) is 0 Å². The lowest BCUT2D eigenvalue weighted by atomic mass is 10.2. The zero-order valence-electron chi connectivity index (χ0n) is 10.9. The van der Waals surface area contributed by atoms with Crippen LogP contribution in [0, 0.1) is 6.92 Å². The Morgan fingerprint density at radius 2 is 2.16 bits per heavy atom. The zero-order valence-corrected chi connectivity index (χ0v) is 10.9. The Morgan fingerprint density at radius 1 is 1.42 bits per heavy atom. The number of aromatic amines is 1. The van der Waals surface area contributed by atoms with Crippen molar-refractivity contribution in [3.8, 4) is 0 Å². The molecule has 0 saturated heterocycles. The molecule has 100 valence electrons. The highest BCUT2D eigenvalue weighted by atomic mass is 16.4. The monoisotopic (exact) mass is 260 g/mol. The van der Waals surface area contributed by atoms with Gasteiger partial charge in [0.2, 0.25) is 0 Å². The summed E-state index contributed by atoms with van der Waals surface area (Å²) in [6.45, 7) is 3.63. The fourth-order valence-corrected chi connectivity index (χ4v) is 2.04. The maximum absolute atomic E-state index is 12.0. The molecular weight excluding hydrogens is 244 g/mol. The number of hydrogen-bond donors (Lipinski definition) is 3. The molecular formula is C14H16N2O3. The van der Waals surface area contributed by atoms with Crippen molar-refractivity contribution in [2.45, 2.75) is 26.3 Å². The summed E-state index contributed by atoms with van der Waals surface area (Å²) in [6.07, 6.45) is -0.0923. The Hall–Kier alpha value is -2.30. The van der Waals surface area contributed by atoms with Crippen molar-refractivity contribution in [2.24, 2.45) is 0 Å². The molecule has 5 nitrogen and oxygen atoms in total. The van der Waals surface area contributed by atoms with Gasteiger partial charge in [-0.2, -0.15) is 0 Å². The lowest BCUT2D eigenvalue weighted by Crippen LogP contribution is -2.34. The molecule has 0 aliphatic rings. The highest BCUT2D eigenvalue weighted by Gasteiger charge is 2.14. The molecule has 0 saturated carbocycles. The summed E-state index contributed by atoms with van der Waals surface area (Å²) in [7, 11) is 0. The Morgan fingerprint density at radius 3 is 2.79 bits per heavy atom. The summed E-state index contributed by atoms with van der Waals surface area (Å²) in [5.74, 6) is -1.22. The van der Waals surface area contributed by atoms with E-state index in [9.17, 15) is 9.59 Å². The molecule has 0 radical (unpaired) electrons. The molecule has 3 N–H and O–H groups in total. The van der Waals surface area contributed by atoms with Crippen LogP contribution in [0.2, 0.25) is 0 Å². The maximum atomic E-state index is 12.0. The van der Waals surface area contributed by atoms with Gasteiger partial charge in [0.15, 0.2) is 0 Å². The van der Waals surface area contributed by atoms with Crippen molar-refractivity contribution in [3.63, 3.8) is 0 Å². The fourth-order valence-electron chi connectivity index (χ4n) is 2.04. The zero-order chi connectivity index (χ0) is 14.0. The maximum Gasteiger partial charge on any atom is 0.305 e. The van der Waals surface area contributed by atoms with Crippen LogP contribution in [0.15, 0.2) is 24.3 Å². The minimum absolute atomic E-state index is 0.0923. The van der Waals surface area contributed by atoms with Gasteiger partial charge in [-0.25, -0.2) is 0 Å². The number of aromatic nitrogens is 1. The lowest BCUT2D eigenvalue weighted by molar-refractivity contribution is -0.137. The van der Waals surface area contributed by atoms with Crippen molar-refractivity contribution in [2.75, 3.05) is 0 Å². The lowest BCUT2D eigenvalue weighted by Gasteiger charge is -2.10. The number of H-pyrrole nitrogens is 1. The summed E-state index contributed by atoms with van der Waals surface area (Å²) in [5.41, 5.74) is 2.44. The third kappa shape index (κ3) is 2.93. The highest BCUT2D eigenvalue weighted by molar-refractivity contribution is 5.98. The van der Waals surface area contributed by atoms with Crippen LogP contribution < -0.4 is 5.32 Å². The van der Waals surface area contributed by atoms with E-state index in [1.54, 1.807) is 13.0 Å². The molecule has 0 bridgehead atoms. The van der Waals surface area contributed by atoms with Gasteiger partial charge in [0.1, 0.15) is 5.69 Å². The number of rotatable bonds is 4. The molecule has 1 heterocycles. The van der Waals surface area contributed by atoms with Crippen LogP contribution in [0.1, 0.15) is 29.4 Å². The van der Waals surface area contributed by atoms with Gasteiger partial charge in [0.25, 0.3) is 5.91 Å². The second kappa shape index (κ2) is 5.14. The molecule has 1 aromatic heterocycles. The Bertz CT molecular complexity index is 631. The molecule has 1 amide bonds. The smallest absolute Gasteiger partial charge is 0.305 e. The van der Waals surface area contributed by atoms with Gasteiger partial charge in [-0.15, -0.1) is 0 Å². The first kappa shape index (κ1) is 13.1. The van der Waals surface area contributed by atoms with E-state index in [2.05, 4.69) is 10.3 Å². The number of aliphatic carboxylic acids is 1. The topological polar surface area (TPSA) is 82.2 Å². The average Bonchev–Trinajstić information content (AvgIpc) is 2.73. The molecule has 0 aliphatic carbocycles. The van der Waals surface area contributed by atoms with Gasteiger partial charge in [-0.05, 0) is 25.5 Å². The van der Waals surface area contributed by atoms with Crippen LogP contribution in [0.25, 0.3) is 10.9 Å². The van der Waals surface area contributed by atoms with Gasteiger partial charge in [0.05, 0.1) is 6.42 Å². The first-order chi connectivity index (χ1) is 8.97. The Balaban J connectivity index is 2.18. The number of aryl methyl sites for hydroxylation is 1. The highest BCUT2D eigenvalue weighted by Crippen LogP contribution is 2.18. The molecule has 2 aromatic rings. The van der Waals surface area contributed by atoms with Gasteiger partial charge in [-0.3, -0.25) is 9.59 Å². The second-order valence-electron chi connectivity index (χ2n) is 4.69. The van der Waals surface area contributed by atoms with Crippen LogP contribution in [0.4, 0.5) is 0 Å². The molecule has 1 unspecified atom stereocenters. The van der Waals surface area contributed by atoms with Crippen molar-refractivity contribution in [3.05, 3.63) is 35.5 Å². The van der Waals surface area contributed by atoms with E-state index in [1.165, 1.54) is 0 Å². The van der Waals surface area contributed by atoms with Gasteiger partial charge in [0, 0.05) is 16.9 Å². The van der Waals surface area contributed by atoms with E-state index >= 15 is 0 Å². The SMILES string of the molecule is Cc1cccc2cc(C(=O)NC(C)CC(=O)O)[nH]c12. The predicted octanol–water partition coefficient (Wildman–Crippen LogP) is 2.07. The number of para-hydroxylation sites is 1. The van der Waals surface area contributed by atoms with E-state index in [1.807, 2.05) is 25.1 Å². The normalized spacial score (nSPS) is 12.3. The number of benzene rings is 1. The summed E-state index contributed by atoms with van der Waals surface area (Å²) in [4.78, 5) is 25.6. The minimum atomic E-state index is -0.930. The molecule has 0 spiro atoms. The van der Waals surface area contributed by atoms with E-state index in [-0.39, 0.29) is 12.3 Å². The number of nitrogens with one attached hydrogen (secondary N) is 2. The summed E-state index contributed by atoms with van der Waals surface area (Å²) < 4.78 is 0. The first-order valence-electron chi connectivity index (χ1n) is 6.08. The van der Waals surface area contributed by atoms with E-state index in [4.69, 9.17) is 5.11 Å². The second-order valence-corrected chi connectivity index (χ2v) is 4.69. The Labute approximate surface area is 110 Å². The molecule has 5 heteroatoms. The number of amides is 1. The average molecular weight is 260 g/mol. The van der Waals surface area contributed by atoms with Gasteiger partial charge < -0.3 is 15.4 Å². The van der Waals surface area contributed by atoms with E-state index in [0.29, 0.717) is 5.69 Å². The standard InChI is InChI=1S/C14H16N2O3/c1-8-4-3-5-10-7-11(16-13(8)10)14(19)15-9(2)6-12(17)18/h3-5,7,9,16H,6H2,1-2H3,(H,15,19)(H,17,18). The third-order valence-corrected chi connectivity index (χ3v) is 2.97. The Kier molecular flexibility index (Phi) is 3.55. The molecule has 2 rings (SSSR count).